The quantitative estimate of drug-likeness (QED) is 0.689. The van der Waals surface area contributed by atoms with E-state index in [1.165, 1.54) is 10.9 Å². The third-order valence-electron chi connectivity index (χ3n) is 6.65. The normalized spacial score (nSPS) is 21.0. The lowest BCUT2D eigenvalue weighted by atomic mass is 9.88. The van der Waals surface area contributed by atoms with Crippen LogP contribution in [0, 0.1) is 0 Å². The van der Waals surface area contributed by atoms with Gasteiger partial charge in [-0.15, -0.1) is 0 Å². The summed E-state index contributed by atoms with van der Waals surface area (Å²) in [4.78, 5) is 19.3. The lowest BCUT2D eigenvalue weighted by Gasteiger charge is -2.39. The van der Waals surface area contributed by atoms with E-state index in [-0.39, 0.29) is 17.6 Å². The number of nitrogens with zero attached hydrogens (tertiary/aromatic N) is 4. The molecule has 1 aromatic carbocycles. The highest BCUT2D eigenvalue weighted by Gasteiger charge is 2.42. The molecule has 1 amide bonds. The van der Waals surface area contributed by atoms with E-state index in [2.05, 4.69) is 44.6 Å². The number of carbonyl (C=O) groups excluding carboxylic acids is 1. The second-order valence-electron chi connectivity index (χ2n) is 8.81. The summed E-state index contributed by atoms with van der Waals surface area (Å²) in [5.74, 6) is -0.135. The second-order valence-corrected chi connectivity index (χ2v) is 8.81. The predicted molar refractivity (Wildman–Crippen MR) is 119 cm³/mol. The average Bonchev–Trinajstić information content (AvgIpc) is 3.41. The van der Waals surface area contributed by atoms with Crippen LogP contribution in [0.2, 0.25) is 0 Å². The molecule has 0 radical (unpaired) electrons. The minimum absolute atomic E-state index is 0.0338. The number of amides is 1. The molecule has 31 heavy (non-hydrogen) atoms. The molecule has 2 saturated heterocycles. The van der Waals surface area contributed by atoms with E-state index in [1.807, 2.05) is 19.3 Å². The maximum absolute atomic E-state index is 12.2. The number of hydrogen-bond acceptors (Lipinski definition) is 5. The number of para-hydroxylation sites is 1. The number of pyridine rings is 1. The van der Waals surface area contributed by atoms with Crippen LogP contribution in [0.4, 0.5) is 0 Å². The molecule has 0 bridgehead atoms. The number of hydrogen-bond donors (Lipinski definition) is 1. The summed E-state index contributed by atoms with van der Waals surface area (Å²) >= 11 is 0. The molecule has 4 heterocycles. The molecule has 7 heteroatoms. The Morgan fingerprint density at radius 1 is 1.19 bits per heavy atom. The van der Waals surface area contributed by atoms with Gasteiger partial charge in [-0.25, -0.2) is 0 Å². The third kappa shape index (κ3) is 4.34. The van der Waals surface area contributed by atoms with Gasteiger partial charge in [0, 0.05) is 51.0 Å². The molecule has 1 N–H and O–H groups in total. The van der Waals surface area contributed by atoms with E-state index in [9.17, 15) is 4.79 Å². The molecule has 1 atom stereocenters. The van der Waals surface area contributed by atoms with Crippen molar-refractivity contribution in [2.75, 3.05) is 19.6 Å². The molecule has 0 unspecified atom stereocenters. The van der Waals surface area contributed by atoms with E-state index in [0.29, 0.717) is 12.2 Å². The van der Waals surface area contributed by atoms with Crippen molar-refractivity contribution >= 4 is 16.8 Å². The summed E-state index contributed by atoms with van der Waals surface area (Å²) in [5, 5.41) is 8.33. The summed E-state index contributed by atoms with van der Waals surface area (Å²) < 4.78 is 8.11. The fraction of sp³-hybridized carbons (Fsp3) is 0.458. The molecule has 3 aromatic rings. The van der Waals surface area contributed by atoms with E-state index < -0.39 is 0 Å². The fourth-order valence-electron chi connectivity index (χ4n) is 4.89. The summed E-state index contributed by atoms with van der Waals surface area (Å²) in [6, 6.07) is 12.3. The van der Waals surface area contributed by atoms with Crippen LogP contribution in [-0.2, 0) is 18.3 Å². The molecule has 0 saturated carbocycles. The second kappa shape index (κ2) is 8.40. The first-order valence-electron chi connectivity index (χ1n) is 11.1. The van der Waals surface area contributed by atoms with Crippen LogP contribution in [0.15, 0.2) is 48.8 Å². The van der Waals surface area contributed by atoms with Crippen LogP contribution in [0.1, 0.15) is 41.7 Å². The number of piperidine rings is 1. The van der Waals surface area contributed by atoms with Crippen LogP contribution in [0.3, 0.4) is 0 Å². The van der Waals surface area contributed by atoms with Gasteiger partial charge in [0.05, 0.1) is 17.2 Å². The van der Waals surface area contributed by atoms with E-state index in [0.717, 1.165) is 50.8 Å². The monoisotopic (exact) mass is 419 g/mol. The van der Waals surface area contributed by atoms with Crippen molar-refractivity contribution in [1.82, 2.24) is 25.0 Å². The van der Waals surface area contributed by atoms with Gasteiger partial charge in [-0.05, 0) is 43.4 Å². The van der Waals surface area contributed by atoms with Crippen molar-refractivity contribution in [3.63, 3.8) is 0 Å². The fourth-order valence-corrected chi connectivity index (χ4v) is 4.89. The van der Waals surface area contributed by atoms with Crippen LogP contribution in [0.25, 0.3) is 10.9 Å². The first kappa shape index (κ1) is 20.2. The Balaban J connectivity index is 1.13. The molecular formula is C24H29N5O2. The van der Waals surface area contributed by atoms with Gasteiger partial charge in [0.1, 0.15) is 5.69 Å². The third-order valence-corrected chi connectivity index (χ3v) is 6.65. The minimum Gasteiger partial charge on any atom is -0.370 e. The van der Waals surface area contributed by atoms with Gasteiger partial charge in [0.25, 0.3) is 5.91 Å². The lowest BCUT2D eigenvalue weighted by Crippen LogP contribution is -2.44. The Hall–Kier alpha value is -2.77. The van der Waals surface area contributed by atoms with E-state index in [1.54, 1.807) is 16.9 Å². The van der Waals surface area contributed by atoms with E-state index in [4.69, 9.17) is 4.74 Å². The molecule has 162 valence electrons. The van der Waals surface area contributed by atoms with Gasteiger partial charge in [-0.1, -0.05) is 24.3 Å². The number of fused-ring (bicyclic) bond motifs is 1. The summed E-state index contributed by atoms with van der Waals surface area (Å²) in [7, 11) is 1.81. The molecule has 5 rings (SSSR count). The van der Waals surface area contributed by atoms with Crippen molar-refractivity contribution in [1.29, 1.82) is 0 Å². The smallest absolute Gasteiger partial charge is 0.271 e. The van der Waals surface area contributed by atoms with Crippen molar-refractivity contribution < 1.29 is 9.53 Å². The zero-order valence-corrected chi connectivity index (χ0v) is 18.0. The Morgan fingerprint density at radius 3 is 2.84 bits per heavy atom. The van der Waals surface area contributed by atoms with Crippen molar-refractivity contribution in [2.24, 2.45) is 7.05 Å². The zero-order valence-electron chi connectivity index (χ0n) is 18.0. The van der Waals surface area contributed by atoms with Crippen LogP contribution in [0.5, 0.6) is 0 Å². The summed E-state index contributed by atoms with van der Waals surface area (Å²) in [5.41, 5.74) is 2.81. The Morgan fingerprint density at radius 2 is 2.03 bits per heavy atom. The number of likely N-dealkylation sites (tertiary alicyclic amines) is 1. The van der Waals surface area contributed by atoms with Crippen molar-refractivity contribution in [2.45, 2.75) is 43.9 Å². The number of ether oxygens (including phenoxy) is 1. The van der Waals surface area contributed by atoms with Gasteiger partial charge < -0.3 is 10.1 Å². The van der Waals surface area contributed by atoms with Gasteiger partial charge in [0.2, 0.25) is 0 Å². The standard InChI is InChI=1S/C24H29N5O2/c1-28-13-8-21(27-28)23(30)26-16-20-7-9-24(31-20)10-14-29(15-11-24)17-19-5-2-4-18-6-3-12-25-22(18)19/h2-6,8,12-13,20H,7,9-11,14-17H2,1H3,(H,26,30)/t20-/m0/s1. The number of nitrogens with one attached hydrogen (secondary N) is 1. The van der Waals surface area contributed by atoms with Gasteiger partial charge in [-0.3, -0.25) is 19.4 Å². The van der Waals surface area contributed by atoms with Crippen LogP contribution >= 0.6 is 0 Å². The van der Waals surface area contributed by atoms with Crippen LogP contribution in [-0.4, -0.2) is 56.9 Å². The molecule has 7 nitrogen and oxygen atoms in total. The van der Waals surface area contributed by atoms with Crippen molar-refractivity contribution in [3.05, 3.63) is 60.0 Å². The first-order chi connectivity index (χ1) is 15.1. The molecular weight excluding hydrogens is 390 g/mol. The molecule has 2 aliphatic rings. The zero-order chi connectivity index (χ0) is 21.3. The Kier molecular flexibility index (Phi) is 5.46. The molecule has 0 aliphatic carbocycles. The summed E-state index contributed by atoms with van der Waals surface area (Å²) in [6.07, 6.45) is 7.87. The SMILES string of the molecule is Cn1ccc(C(=O)NC[C@@H]2CCC3(CCN(Cc4cccc5cccnc45)CC3)O2)n1. The molecule has 1 spiro atoms. The van der Waals surface area contributed by atoms with Gasteiger partial charge >= 0.3 is 0 Å². The largest absolute Gasteiger partial charge is 0.370 e. The lowest BCUT2D eigenvalue weighted by molar-refractivity contribution is -0.0764. The molecule has 2 fully saturated rings. The maximum atomic E-state index is 12.2. The van der Waals surface area contributed by atoms with Gasteiger partial charge in [-0.2, -0.15) is 5.10 Å². The van der Waals surface area contributed by atoms with Crippen molar-refractivity contribution in [3.8, 4) is 0 Å². The highest BCUT2D eigenvalue weighted by Crippen LogP contribution is 2.39. The number of benzene rings is 1. The van der Waals surface area contributed by atoms with Gasteiger partial charge in [0.15, 0.2) is 0 Å². The Labute approximate surface area is 182 Å². The average molecular weight is 420 g/mol. The number of aryl methyl sites for hydroxylation is 1. The number of aromatic nitrogens is 3. The highest BCUT2D eigenvalue weighted by molar-refractivity contribution is 5.92. The number of carbonyl (C=O) groups is 1. The topological polar surface area (TPSA) is 72.3 Å². The Bertz CT molecular complexity index is 1070. The summed E-state index contributed by atoms with van der Waals surface area (Å²) in [6.45, 7) is 3.52. The molecule has 2 aromatic heterocycles. The number of rotatable bonds is 5. The van der Waals surface area contributed by atoms with Crippen LogP contribution < -0.4 is 5.32 Å². The maximum Gasteiger partial charge on any atom is 0.271 e. The van der Waals surface area contributed by atoms with E-state index >= 15 is 0 Å². The first-order valence-corrected chi connectivity index (χ1v) is 11.1. The minimum atomic E-state index is -0.135. The predicted octanol–water partition coefficient (Wildman–Crippen LogP) is 2.91. The highest BCUT2D eigenvalue weighted by atomic mass is 16.5. The molecule has 2 aliphatic heterocycles.